The molecule has 27 heavy (non-hydrogen) atoms. The first kappa shape index (κ1) is 19.2. The number of hydrogen-bond acceptors (Lipinski definition) is 3. The van der Waals surface area contributed by atoms with Crippen molar-refractivity contribution in [2.24, 2.45) is 5.92 Å². The van der Waals surface area contributed by atoms with Crippen LogP contribution in [0.25, 0.3) is 0 Å². The monoisotopic (exact) mass is 364 g/mol. The largest absolute Gasteiger partial charge is 0.512 e. The summed E-state index contributed by atoms with van der Waals surface area (Å²) in [5.41, 5.74) is 2.67. The average molecular weight is 364 g/mol. The van der Waals surface area contributed by atoms with Crippen LogP contribution < -0.4 is 0 Å². The minimum Gasteiger partial charge on any atom is -0.512 e. The molecule has 0 amide bonds. The number of esters is 1. The van der Waals surface area contributed by atoms with Crippen molar-refractivity contribution in [3.63, 3.8) is 0 Å². The second-order valence-corrected chi connectivity index (χ2v) is 7.89. The first-order valence-corrected chi connectivity index (χ1v) is 9.65. The third-order valence-corrected chi connectivity index (χ3v) is 5.39. The summed E-state index contributed by atoms with van der Waals surface area (Å²) in [5.74, 6) is 0.237. The zero-order valence-corrected chi connectivity index (χ0v) is 16.4. The van der Waals surface area contributed by atoms with Crippen LogP contribution >= 0.6 is 0 Å². The van der Waals surface area contributed by atoms with Crippen molar-refractivity contribution in [3.8, 4) is 0 Å². The molecular formula is C24H28O3. The molecule has 1 atom stereocenters. The fourth-order valence-electron chi connectivity index (χ4n) is 3.65. The van der Waals surface area contributed by atoms with Crippen LogP contribution in [0.15, 0.2) is 65.9 Å². The minimum absolute atomic E-state index is 0.155. The molecule has 3 rings (SSSR count). The van der Waals surface area contributed by atoms with E-state index in [9.17, 15) is 9.90 Å². The van der Waals surface area contributed by atoms with Gasteiger partial charge in [-0.05, 0) is 42.4 Å². The molecule has 0 saturated heterocycles. The van der Waals surface area contributed by atoms with Gasteiger partial charge >= 0.3 is 5.97 Å². The molecule has 0 spiro atoms. The molecule has 1 aliphatic rings. The maximum Gasteiger partial charge on any atom is 0.338 e. The molecule has 0 saturated carbocycles. The van der Waals surface area contributed by atoms with E-state index >= 15 is 0 Å². The second kappa shape index (κ2) is 7.99. The number of aliphatic hydroxyl groups excluding tert-OH is 1. The van der Waals surface area contributed by atoms with Crippen molar-refractivity contribution in [2.75, 3.05) is 0 Å². The molecule has 1 aliphatic heterocycles. The Morgan fingerprint density at radius 3 is 2.37 bits per heavy atom. The van der Waals surface area contributed by atoms with E-state index in [1.165, 1.54) is 0 Å². The Kier molecular flexibility index (Phi) is 5.69. The van der Waals surface area contributed by atoms with Gasteiger partial charge in [-0.1, -0.05) is 68.4 Å². The van der Waals surface area contributed by atoms with Crippen LogP contribution in [0, 0.1) is 12.8 Å². The molecule has 3 nitrogen and oxygen atoms in total. The molecular weight excluding hydrogens is 336 g/mol. The highest BCUT2D eigenvalue weighted by molar-refractivity contribution is 5.91. The van der Waals surface area contributed by atoms with Crippen molar-refractivity contribution in [1.29, 1.82) is 0 Å². The van der Waals surface area contributed by atoms with Crippen molar-refractivity contribution in [1.82, 2.24) is 0 Å². The minimum atomic E-state index is -0.790. The standard InChI is InChI=1S/C24H28O3/c1-17(2)13-14-24(20-11-5-4-6-12-20)16-22(25)21(23(26)27-24)15-19-10-8-7-9-18(19)3/h4-12,17,25H,13-16H2,1-3H3. The molecule has 0 aromatic heterocycles. The van der Waals surface area contributed by atoms with Crippen LogP contribution in [0.5, 0.6) is 0 Å². The topological polar surface area (TPSA) is 46.5 Å². The van der Waals surface area contributed by atoms with Gasteiger partial charge in [0, 0.05) is 12.8 Å². The Morgan fingerprint density at radius 2 is 1.74 bits per heavy atom. The Morgan fingerprint density at radius 1 is 1.07 bits per heavy atom. The van der Waals surface area contributed by atoms with Gasteiger partial charge in [0.25, 0.3) is 0 Å². The summed E-state index contributed by atoms with van der Waals surface area (Å²) in [6.07, 6.45) is 2.34. The quantitative estimate of drug-likeness (QED) is 0.676. The van der Waals surface area contributed by atoms with Gasteiger partial charge in [0.15, 0.2) is 0 Å². The fourth-order valence-corrected chi connectivity index (χ4v) is 3.65. The van der Waals surface area contributed by atoms with E-state index < -0.39 is 11.6 Å². The highest BCUT2D eigenvalue weighted by Gasteiger charge is 2.43. The van der Waals surface area contributed by atoms with Gasteiger partial charge in [-0.2, -0.15) is 0 Å². The van der Waals surface area contributed by atoms with Crippen molar-refractivity contribution in [3.05, 3.63) is 82.6 Å². The van der Waals surface area contributed by atoms with Crippen molar-refractivity contribution >= 4 is 5.97 Å². The third-order valence-electron chi connectivity index (χ3n) is 5.39. The van der Waals surface area contributed by atoms with Crippen LogP contribution in [0.4, 0.5) is 0 Å². The van der Waals surface area contributed by atoms with Gasteiger partial charge in [-0.25, -0.2) is 4.79 Å². The van der Waals surface area contributed by atoms with Crippen LogP contribution in [-0.4, -0.2) is 11.1 Å². The molecule has 0 bridgehead atoms. The summed E-state index contributed by atoms with van der Waals surface area (Å²) in [7, 11) is 0. The summed E-state index contributed by atoms with van der Waals surface area (Å²) >= 11 is 0. The molecule has 0 radical (unpaired) electrons. The number of benzene rings is 2. The number of rotatable bonds is 6. The predicted molar refractivity (Wildman–Crippen MR) is 107 cm³/mol. The zero-order chi connectivity index (χ0) is 19.4. The highest BCUT2D eigenvalue weighted by atomic mass is 16.6. The number of cyclic esters (lactones) is 1. The molecule has 1 N–H and O–H groups in total. The summed E-state index contributed by atoms with van der Waals surface area (Å²) in [6, 6.07) is 17.7. The van der Waals surface area contributed by atoms with Gasteiger partial charge in [-0.3, -0.25) is 0 Å². The lowest BCUT2D eigenvalue weighted by Gasteiger charge is -2.38. The molecule has 2 aromatic rings. The van der Waals surface area contributed by atoms with E-state index in [0.29, 0.717) is 30.8 Å². The summed E-state index contributed by atoms with van der Waals surface area (Å²) in [5, 5.41) is 10.8. The number of aliphatic hydroxyl groups is 1. The van der Waals surface area contributed by atoms with Crippen LogP contribution in [0.2, 0.25) is 0 Å². The summed E-state index contributed by atoms with van der Waals surface area (Å²) in [4.78, 5) is 12.9. The van der Waals surface area contributed by atoms with Gasteiger partial charge in [0.2, 0.25) is 0 Å². The van der Waals surface area contributed by atoms with Gasteiger partial charge in [0.1, 0.15) is 11.4 Å². The van der Waals surface area contributed by atoms with E-state index in [2.05, 4.69) is 13.8 Å². The molecule has 142 valence electrons. The van der Waals surface area contributed by atoms with E-state index in [-0.39, 0.29) is 5.76 Å². The summed E-state index contributed by atoms with van der Waals surface area (Å²) in [6.45, 7) is 6.32. The average Bonchev–Trinajstić information content (AvgIpc) is 2.65. The van der Waals surface area contributed by atoms with E-state index in [0.717, 1.165) is 23.1 Å². The first-order chi connectivity index (χ1) is 12.9. The summed E-state index contributed by atoms with van der Waals surface area (Å²) < 4.78 is 6.05. The van der Waals surface area contributed by atoms with Crippen LogP contribution in [0.3, 0.4) is 0 Å². The van der Waals surface area contributed by atoms with Crippen LogP contribution in [0.1, 0.15) is 49.8 Å². The van der Waals surface area contributed by atoms with E-state index in [4.69, 9.17) is 4.74 Å². The maximum atomic E-state index is 12.9. The molecule has 1 heterocycles. The number of carbonyl (C=O) groups excluding carboxylic acids is 1. The Labute approximate surface area is 161 Å². The lowest BCUT2D eigenvalue weighted by molar-refractivity contribution is -0.162. The van der Waals surface area contributed by atoms with E-state index in [1.807, 2.05) is 61.5 Å². The van der Waals surface area contributed by atoms with Gasteiger partial charge in [0.05, 0.1) is 5.57 Å². The smallest absolute Gasteiger partial charge is 0.338 e. The van der Waals surface area contributed by atoms with E-state index in [1.54, 1.807) is 0 Å². The number of carbonyl (C=O) groups is 1. The number of aryl methyl sites for hydroxylation is 1. The Bertz CT molecular complexity index is 836. The molecule has 0 aliphatic carbocycles. The first-order valence-electron chi connectivity index (χ1n) is 9.65. The fraction of sp³-hybridized carbons (Fsp3) is 0.375. The van der Waals surface area contributed by atoms with Crippen LogP contribution in [-0.2, 0) is 21.6 Å². The molecule has 2 aromatic carbocycles. The highest BCUT2D eigenvalue weighted by Crippen LogP contribution is 2.42. The lowest BCUT2D eigenvalue weighted by atomic mass is 9.80. The van der Waals surface area contributed by atoms with Crippen molar-refractivity contribution < 1.29 is 14.6 Å². The number of hydrogen-bond donors (Lipinski definition) is 1. The maximum absolute atomic E-state index is 12.9. The van der Waals surface area contributed by atoms with Gasteiger partial charge in [-0.15, -0.1) is 0 Å². The predicted octanol–water partition coefficient (Wildman–Crippen LogP) is 5.63. The molecule has 0 fully saturated rings. The third kappa shape index (κ3) is 4.24. The number of ether oxygens (including phenoxy) is 1. The van der Waals surface area contributed by atoms with Gasteiger partial charge < -0.3 is 9.84 Å². The Hall–Kier alpha value is -2.55. The lowest BCUT2D eigenvalue weighted by Crippen LogP contribution is -2.38. The van der Waals surface area contributed by atoms with Crippen molar-refractivity contribution in [2.45, 2.75) is 52.1 Å². The Balaban J connectivity index is 1.94. The SMILES string of the molecule is Cc1ccccc1CC1=C(O)CC(CCC(C)C)(c2ccccc2)OC1=O. The zero-order valence-electron chi connectivity index (χ0n) is 16.4. The molecule has 3 heteroatoms. The second-order valence-electron chi connectivity index (χ2n) is 7.89. The normalized spacial score (nSPS) is 20.1. The molecule has 1 unspecified atom stereocenters.